The highest BCUT2D eigenvalue weighted by Crippen LogP contribution is 2.37. The van der Waals surface area contributed by atoms with Crippen molar-refractivity contribution in [3.05, 3.63) is 29.6 Å². The highest BCUT2D eigenvalue weighted by Gasteiger charge is 2.27. The molecule has 4 N–H and O–H groups in total. The Bertz CT molecular complexity index is 538. The van der Waals surface area contributed by atoms with Crippen LogP contribution in [0.25, 0.3) is 0 Å². The van der Waals surface area contributed by atoms with Gasteiger partial charge in [0.25, 0.3) is 0 Å². The van der Waals surface area contributed by atoms with Crippen LogP contribution in [0.3, 0.4) is 0 Å². The van der Waals surface area contributed by atoms with Crippen LogP contribution >= 0.6 is 0 Å². The molecule has 3 rings (SSSR count). The molecule has 26 heavy (non-hydrogen) atoms. The highest BCUT2D eigenvalue weighted by molar-refractivity contribution is 5.72. The maximum atomic E-state index is 13.4. The first-order valence-corrected chi connectivity index (χ1v) is 9.95. The fourth-order valence-electron chi connectivity index (χ4n) is 2.97. The molecule has 1 aliphatic heterocycles. The van der Waals surface area contributed by atoms with Gasteiger partial charge in [-0.05, 0) is 69.7 Å². The zero-order valence-corrected chi connectivity index (χ0v) is 16.8. The molecule has 1 heterocycles. The van der Waals surface area contributed by atoms with Crippen LogP contribution in [0.5, 0.6) is 0 Å². The maximum Gasteiger partial charge on any atom is 0.211 e. The van der Waals surface area contributed by atoms with Crippen LogP contribution < -0.4 is 16.4 Å². The molecule has 4 nitrogen and oxygen atoms in total. The summed E-state index contributed by atoms with van der Waals surface area (Å²) in [5.74, 6) is 0.379. The number of benzene rings is 1. The smallest absolute Gasteiger partial charge is 0.211 e. The van der Waals surface area contributed by atoms with Crippen LogP contribution in [0.4, 0.5) is 10.1 Å². The number of hydrogen-bond acceptors (Lipinski definition) is 3. The number of anilines is 1. The minimum atomic E-state index is -0.477. The normalized spacial score (nSPS) is 20.8. The summed E-state index contributed by atoms with van der Waals surface area (Å²) in [7, 11) is 0. The van der Waals surface area contributed by atoms with Gasteiger partial charge in [0.1, 0.15) is 5.82 Å². The van der Waals surface area contributed by atoms with Crippen LogP contribution in [0.15, 0.2) is 18.2 Å². The quantitative estimate of drug-likeness (QED) is 0.648. The topological polar surface area (TPSA) is 67.1 Å². The Kier molecular flexibility index (Phi) is 9.81. The zero-order valence-electron chi connectivity index (χ0n) is 16.8. The predicted octanol–water partition coefficient (Wildman–Crippen LogP) is 4.54. The largest absolute Gasteiger partial charge is 0.326 e. The van der Waals surface area contributed by atoms with Crippen molar-refractivity contribution in [2.75, 3.05) is 11.9 Å². The van der Waals surface area contributed by atoms with Gasteiger partial charge in [0.15, 0.2) is 0 Å². The number of hydrogen-bond donors (Lipinski definition) is 3. The summed E-state index contributed by atoms with van der Waals surface area (Å²) in [5.41, 5.74) is 6.86. The van der Waals surface area contributed by atoms with E-state index in [4.69, 9.17) is 5.73 Å². The number of halogens is 1. The minimum Gasteiger partial charge on any atom is -0.326 e. The summed E-state index contributed by atoms with van der Waals surface area (Å²) in [6.07, 6.45) is 7.82. The Morgan fingerprint density at radius 3 is 2.50 bits per heavy atom. The molecule has 0 spiro atoms. The van der Waals surface area contributed by atoms with E-state index in [1.54, 1.807) is 12.1 Å². The van der Waals surface area contributed by atoms with E-state index in [1.165, 1.54) is 38.3 Å². The van der Waals surface area contributed by atoms with Gasteiger partial charge in [0.05, 0.1) is 5.69 Å². The molecule has 1 saturated carbocycles. The third kappa shape index (κ3) is 7.83. The third-order valence-corrected chi connectivity index (χ3v) is 4.92. The Hall–Kier alpha value is -1.46. The van der Waals surface area contributed by atoms with Crippen LogP contribution in [-0.4, -0.2) is 19.0 Å². The summed E-state index contributed by atoms with van der Waals surface area (Å²) in [4.78, 5) is 10.4. The summed E-state index contributed by atoms with van der Waals surface area (Å²) in [6, 6.07) is 5.46. The molecule has 1 saturated heterocycles. The van der Waals surface area contributed by atoms with E-state index in [1.807, 2.05) is 20.8 Å². The van der Waals surface area contributed by atoms with Crippen molar-refractivity contribution in [3.8, 4) is 0 Å². The van der Waals surface area contributed by atoms with Gasteiger partial charge >= 0.3 is 0 Å². The number of rotatable bonds is 6. The molecular formula is C21H36FN3O. The maximum absolute atomic E-state index is 13.4. The summed E-state index contributed by atoms with van der Waals surface area (Å²) >= 11 is 0. The lowest BCUT2D eigenvalue weighted by atomic mass is 9.87. The standard InChI is InChI=1S/C14H19FN2O.C5H11N.C2H6/c1-14(16,7-6-10-2-3-10)11-4-5-12(15)13(8-11)17-9-18;1-5-3-2-4-6-5;1-2/h4-5,8-10H,2-3,6-7,16H2,1H3,(H,17,18);5-6H,2-4H2,1H3;1-2H3/t;5-;/m.0./s1. The molecule has 1 aromatic carbocycles. The van der Waals surface area contributed by atoms with E-state index in [2.05, 4.69) is 17.6 Å². The SMILES string of the molecule is CC.CC(N)(CCC1CC1)c1ccc(F)c(NC=O)c1.C[C@H]1CCCN1. The Labute approximate surface area is 158 Å². The monoisotopic (exact) mass is 365 g/mol. The molecule has 2 fully saturated rings. The van der Waals surface area contributed by atoms with E-state index < -0.39 is 11.4 Å². The molecule has 2 aliphatic rings. The Morgan fingerprint density at radius 1 is 1.35 bits per heavy atom. The van der Waals surface area contributed by atoms with E-state index in [0.29, 0.717) is 6.41 Å². The zero-order chi connectivity index (χ0) is 19.6. The molecule has 1 aromatic rings. The van der Waals surface area contributed by atoms with Crippen molar-refractivity contribution in [1.82, 2.24) is 5.32 Å². The molecule has 0 radical (unpaired) electrons. The highest BCUT2D eigenvalue weighted by atomic mass is 19.1. The molecule has 1 unspecified atom stereocenters. The molecule has 0 bridgehead atoms. The lowest BCUT2D eigenvalue weighted by Crippen LogP contribution is -2.33. The summed E-state index contributed by atoms with van der Waals surface area (Å²) in [5, 5.41) is 5.67. The van der Waals surface area contributed by atoms with Crippen LogP contribution in [0.1, 0.15) is 71.8 Å². The second-order valence-electron chi connectivity index (χ2n) is 7.35. The molecule has 1 amide bonds. The number of amides is 1. The van der Waals surface area contributed by atoms with Gasteiger partial charge in [-0.1, -0.05) is 32.8 Å². The van der Waals surface area contributed by atoms with Crippen molar-refractivity contribution >= 4 is 12.1 Å². The molecular weight excluding hydrogens is 329 g/mol. The fraction of sp³-hybridized carbons (Fsp3) is 0.667. The van der Waals surface area contributed by atoms with Crippen molar-refractivity contribution in [1.29, 1.82) is 0 Å². The number of carbonyl (C=O) groups excluding carboxylic acids is 1. The van der Waals surface area contributed by atoms with Crippen molar-refractivity contribution in [2.45, 2.75) is 77.8 Å². The second kappa shape index (κ2) is 11.3. The van der Waals surface area contributed by atoms with Gasteiger partial charge < -0.3 is 16.4 Å². The number of carbonyl (C=O) groups is 1. The molecule has 0 aromatic heterocycles. The first-order chi connectivity index (χ1) is 12.4. The summed E-state index contributed by atoms with van der Waals surface area (Å²) in [6.45, 7) is 9.42. The summed E-state index contributed by atoms with van der Waals surface area (Å²) < 4.78 is 13.4. The van der Waals surface area contributed by atoms with E-state index in [9.17, 15) is 9.18 Å². The van der Waals surface area contributed by atoms with Gasteiger partial charge in [-0.3, -0.25) is 4.79 Å². The Balaban J connectivity index is 0.000000353. The molecule has 5 heteroatoms. The molecule has 1 aliphatic carbocycles. The Morgan fingerprint density at radius 2 is 2.04 bits per heavy atom. The van der Waals surface area contributed by atoms with Gasteiger partial charge in [-0.2, -0.15) is 0 Å². The van der Waals surface area contributed by atoms with Crippen LogP contribution in [0.2, 0.25) is 0 Å². The van der Waals surface area contributed by atoms with Gasteiger partial charge in [0, 0.05) is 11.6 Å². The van der Waals surface area contributed by atoms with E-state index in [-0.39, 0.29) is 5.69 Å². The fourth-order valence-corrected chi connectivity index (χ4v) is 2.97. The van der Waals surface area contributed by atoms with Crippen LogP contribution in [-0.2, 0) is 10.3 Å². The van der Waals surface area contributed by atoms with Gasteiger partial charge in [0.2, 0.25) is 6.41 Å². The number of nitrogens with two attached hydrogens (primary N) is 1. The number of nitrogens with one attached hydrogen (secondary N) is 2. The average molecular weight is 366 g/mol. The first-order valence-electron chi connectivity index (χ1n) is 9.95. The lowest BCUT2D eigenvalue weighted by molar-refractivity contribution is -0.105. The predicted molar refractivity (Wildman–Crippen MR) is 108 cm³/mol. The first kappa shape index (κ1) is 22.6. The van der Waals surface area contributed by atoms with Crippen molar-refractivity contribution < 1.29 is 9.18 Å². The van der Waals surface area contributed by atoms with Gasteiger partial charge in [-0.25, -0.2) is 4.39 Å². The van der Waals surface area contributed by atoms with Crippen molar-refractivity contribution in [3.63, 3.8) is 0 Å². The van der Waals surface area contributed by atoms with E-state index >= 15 is 0 Å². The average Bonchev–Trinajstić information content (AvgIpc) is 3.35. The van der Waals surface area contributed by atoms with E-state index in [0.717, 1.165) is 30.4 Å². The van der Waals surface area contributed by atoms with Gasteiger partial charge in [-0.15, -0.1) is 0 Å². The lowest BCUT2D eigenvalue weighted by Gasteiger charge is -2.26. The molecule has 2 atom stereocenters. The second-order valence-corrected chi connectivity index (χ2v) is 7.35. The minimum absolute atomic E-state index is 0.186. The van der Waals surface area contributed by atoms with Crippen molar-refractivity contribution in [2.24, 2.45) is 11.7 Å². The third-order valence-electron chi connectivity index (χ3n) is 4.92. The van der Waals surface area contributed by atoms with Crippen LogP contribution in [0, 0.1) is 11.7 Å². The molecule has 148 valence electrons.